The molecule has 0 aromatic heterocycles. The summed E-state index contributed by atoms with van der Waals surface area (Å²) in [6.45, 7) is 3.09. The first kappa shape index (κ1) is 20.8. The quantitative estimate of drug-likeness (QED) is 0.577. The van der Waals surface area contributed by atoms with Gasteiger partial charge in [-0.3, -0.25) is 0 Å². The summed E-state index contributed by atoms with van der Waals surface area (Å²) in [7, 11) is 0. The van der Waals surface area contributed by atoms with Gasteiger partial charge >= 0.3 is 12.2 Å². The summed E-state index contributed by atoms with van der Waals surface area (Å²) < 4.78 is 36.7. The maximum atomic E-state index is 13.3. The number of nitrogens with two attached hydrogens (primary N) is 1. The third kappa shape index (κ3) is 6.33. The minimum Gasteiger partial charge on any atom is -0.443 e. The molecular weight excluding hydrogens is 364 g/mol. The van der Waals surface area contributed by atoms with Crippen molar-refractivity contribution in [1.29, 1.82) is 0 Å². The lowest BCUT2D eigenvalue weighted by molar-refractivity contribution is 0.00633. The molecule has 0 aliphatic carbocycles. The van der Waals surface area contributed by atoms with Gasteiger partial charge in [-0.1, -0.05) is 0 Å². The summed E-state index contributed by atoms with van der Waals surface area (Å²) in [6, 6.07) is 2.88. The van der Waals surface area contributed by atoms with Crippen LogP contribution in [0.1, 0.15) is 12.5 Å². The summed E-state index contributed by atoms with van der Waals surface area (Å²) in [5, 5.41) is 13.2. The van der Waals surface area contributed by atoms with E-state index in [4.69, 9.17) is 15.2 Å². The fourth-order valence-corrected chi connectivity index (χ4v) is 2.83. The highest BCUT2D eigenvalue weighted by Crippen LogP contribution is 2.14. The topological polar surface area (TPSA) is 114 Å². The Hall–Kier alpha value is -2.46. The van der Waals surface area contributed by atoms with E-state index in [0.29, 0.717) is 19.2 Å². The van der Waals surface area contributed by atoms with Crippen LogP contribution in [0.2, 0.25) is 0 Å². The van der Waals surface area contributed by atoms with Crippen LogP contribution in [0.15, 0.2) is 18.2 Å². The van der Waals surface area contributed by atoms with Gasteiger partial charge in [0.15, 0.2) is 0 Å². The number of cyclic esters (lactones) is 1. The van der Waals surface area contributed by atoms with Crippen LogP contribution in [-0.4, -0.2) is 66.7 Å². The van der Waals surface area contributed by atoms with E-state index in [1.54, 1.807) is 4.90 Å². The maximum absolute atomic E-state index is 13.3. The zero-order chi connectivity index (χ0) is 20.0. The van der Waals surface area contributed by atoms with Crippen molar-refractivity contribution in [1.82, 2.24) is 10.2 Å². The number of aliphatic hydroxyl groups is 1. The van der Waals surface area contributed by atoms with E-state index in [9.17, 15) is 23.5 Å². The molecule has 1 aliphatic rings. The van der Waals surface area contributed by atoms with E-state index in [2.05, 4.69) is 5.32 Å². The van der Waals surface area contributed by atoms with Gasteiger partial charge in [0, 0.05) is 32.1 Å². The number of rotatable bonds is 9. The molecule has 8 nitrogen and oxygen atoms in total. The second-order valence-corrected chi connectivity index (χ2v) is 6.23. The summed E-state index contributed by atoms with van der Waals surface area (Å²) in [5.74, 6) is -1.56. The number of primary amides is 1. The van der Waals surface area contributed by atoms with Gasteiger partial charge in [-0.05, 0) is 24.6 Å². The van der Waals surface area contributed by atoms with Crippen molar-refractivity contribution < 1.29 is 33.0 Å². The van der Waals surface area contributed by atoms with Gasteiger partial charge in [-0.2, -0.15) is 0 Å². The molecule has 3 atom stereocenters. The van der Waals surface area contributed by atoms with Gasteiger partial charge in [0.05, 0.1) is 6.54 Å². The highest BCUT2D eigenvalue weighted by Gasteiger charge is 2.30. The molecule has 1 aliphatic heterocycles. The standard InChI is InChI=1S/C17H23F2N3O5/c1-2-22-9-13(26-17(22)25)7-21-8-14(23)15(27-16(20)24)5-10-3-11(18)6-12(19)4-10/h3-4,6,13-15,21,23H,2,5,7-9H2,1H3,(H2,20,24)/t13-,14+,15-/m0/s1. The van der Waals surface area contributed by atoms with Crippen LogP contribution in [0.3, 0.4) is 0 Å². The maximum Gasteiger partial charge on any atom is 0.410 e. The lowest BCUT2D eigenvalue weighted by Crippen LogP contribution is -2.43. The molecule has 1 heterocycles. The van der Waals surface area contributed by atoms with E-state index in [-0.39, 0.29) is 31.2 Å². The first-order chi connectivity index (χ1) is 12.8. The molecule has 0 saturated carbocycles. The zero-order valence-corrected chi connectivity index (χ0v) is 14.9. The van der Waals surface area contributed by atoms with Crippen molar-refractivity contribution in [3.63, 3.8) is 0 Å². The Morgan fingerprint density at radius 2 is 2.11 bits per heavy atom. The number of aliphatic hydroxyl groups excluding tert-OH is 1. The highest BCUT2D eigenvalue weighted by molar-refractivity contribution is 5.69. The van der Waals surface area contributed by atoms with Crippen LogP contribution < -0.4 is 11.1 Å². The molecule has 1 fully saturated rings. The normalized spacial score (nSPS) is 18.9. The van der Waals surface area contributed by atoms with Crippen LogP contribution in [0, 0.1) is 11.6 Å². The molecule has 1 aromatic rings. The second kappa shape index (κ2) is 9.47. The summed E-state index contributed by atoms with van der Waals surface area (Å²) >= 11 is 0. The average molecular weight is 387 g/mol. The molecular formula is C17H23F2N3O5. The molecule has 2 rings (SSSR count). The van der Waals surface area contributed by atoms with Gasteiger partial charge in [-0.15, -0.1) is 0 Å². The predicted octanol–water partition coefficient (Wildman–Crippen LogP) is 0.762. The number of ether oxygens (including phenoxy) is 2. The Morgan fingerprint density at radius 1 is 1.44 bits per heavy atom. The fraction of sp³-hybridized carbons (Fsp3) is 0.529. The summed E-state index contributed by atoms with van der Waals surface area (Å²) in [6.07, 6.45) is -4.29. The number of carbonyl (C=O) groups is 2. The van der Waals surface area contributed by atoms with Crippen LogP contribution in [-0.2, 0) is 15.9 Å². The number of benzene rings is 1. The van der Waals surface area contributed by atoms with Gasteiger partial charge in [-0.25, -0.2) is 18.4 Å². The summed E-state index contributed by atoms with van der Waals surface area (Å²) in [5.41, 5.74) is 5.22. The minimum atomic E-state index is -1.19. The average Bonchev–Trinajstić information content (AvgIpc) is 2.92. The number of hydrogen-bond donors (Lipinski definition) is 3. The van der Waals surface area contributed by atoms with Crippen molar-refractivity contribution in [2.75, 3.05) is 26.2 Å². The fourth-order valence-electron chi connectivity index (χ4n) is 2.83. The second-order valence-electron chi connectivity index (χ2n) is 6.23. The van der Waals surface area contributed by atoms with E-state index in [0.717, 1.165) is 12.1 Å². The Morgan fingerprint density at radius 3 is 2.67 bits per heavy atom. The number of nitrogens with zero attached hydrogens (tertiary/aromatic N) is 1. The number of amides is 2. The third-order valence-electron chi connectivity index (χ3n) is 4.11. The highest BCUT2D eigenvalue weighted by atomic mass is 19.1. The van der Waals surface area contributed by atoms with Crippen LogP contribution >= 0.6 is 0 Å². The molecule has 27 heavy (non-hydrogen) atoms. The first-order valence-electron chi connectivity index (χ1n) is 8.53. The van der Waals surface area contributed by atoms with Gasteiger partial charge < -0.3 is 30.5 Å². The number of hydrogen-bond acceptors (Lipinski definition) is 6. The molecule has 0 radical (unpaired) electrons. The van der Waals surface area contributed by atoms with E-state index < -0.39 is 36.0 Å². The number of carbonyl (C=O) groups excluding carboxylic acids is 2. The van der Waals surface area contributed by atoms with E-state index in [1.165, 1.54) is 0 Å². The Balaban J connectivity index is 1.89. The zero-order valence-electron chi connectivity index (χ0n) is 14.9. The molecule has 10 heteroatoms. The lowest BCUT2D eigenvalue weighted by Gasteiger charge is -2.23. The SMILES string of the molecule is CCN1C[C@H](CNC[C@@H](O)[C@H](Cc2cc(F)cc(F)c2)OC(N)=O)OC1=O. The van der Waals surface area contributed by atoms with Gasteiger partial charge in [0.25, 0.3) is 0 Å². The van der Waals surface area contributed by atoms with E-state index >= 15 is 0 Å². The van der Waals surface area contributed by atoms with Crippen LogP contribution in [0.25, 0.3) is 0 Å². The monoisotopic (exact) mass is 387 g/mol. The van der Waals surface area contributed by atoms with Crippen molar-refractivity contribution in [3.05, 3.63) is 35.4 Å². The summed E-state index contributed by atoms with van der Waals surface area (Å²) in [4.78, 5) is 24.1. The Labute approximate surface area is 155 Å². The minimum absolute atomic E-state index is 0.00405. The number of halogens is 2. The molecule has 0 spiro atoms. The molecule has 150 valence electrons. The molecule has 1 aromatic carbocycles. The molecule has 2 amide bonds. The Kier molecular flexibility index (Phi) is 7.31. The van der Waals surface area contributed by atoms with Crippen LogP contribution in [0.5, 0.6) is 0 Å². The number of nitrogens with one attached hydrogen (secondary N) is 1. The number of likely N-dealkylation sites (N-methyl/N-ethyl adjacent to an activating group) is 1. The van der Waals surface area contributed by atoms with Crippen molar-refractivity contribution >= 4 is 12.2 Å². The first-order valence-corrected chi connectivity index (χ1v) is 8.53. The van der Waals surface area contributed by atoms with Gasteiger partial charge in [0.1, 0.15) is 29.9 Å². The van der Waals surface area contributed by atoms with E-state index in [1.807, 2.05) is 6.92 Å². The smallest absolute Gasteiger partial charge is 0.410 e. The largest absolute Gasteiger partial charge is 0.443 e. The predicted molar refractivity (Wildman–Crippen MR) is 90.9 cm³/mol. The van der Waals surface area contributed by atoms with Crippen molar-refractivity contribution in [2.24, 2.45) is 5.73 Å². The molecule has 0 bridgehead atoms. The van der Waals surface area contributed by atoms with Crippen LogP contribution in [0.4, 0.5) is 18.4 Å². The van der Waals surface area contributed by atoms with Gasteiger partial charge in [0.2, 0.25) is 0 Å². The van der Waals surface area contributed by atoms with Crippen molar-refractivity contribution in [3.8, 4) is 0 Å². The molecule has 4 N–H and O–H groups in total. The molecule has 1 saturated heterocycles. The lowest BCUT2D eigenvalue weighted by atomic mass is 10.0. The Bertz CT molecular complexity index is 656. The van der Waals surface area contributed by atoms with Crippen molar-refractivity contribution in [2.45, 2.75) is 31.7 Å². The third-order valence-corrected chi connectivity index (χ3v) is 4.11. The molecule has 0 unspecified atom stereocenters.